The van der Waals surface area contributed by atoms with Crippen molar-refractivity contribution in [3.8, 4) is 0 Å². The van der Waals surface area contributed by atoms with E-state index < -0.39 is 0 Å². The molecule has 0 radical (unpaired) electrons. The lowest BCUT2D eigenvalue weighted by Crippen LogP contribution is -2.44. The van der Waals surface area contributed by atoms with Gasteiger partial charge in [0, 0.05) is 43.1 Å². The first kappa shape index (κ1) is 16.1. The van der Waals surface area contributed by atoms with Gasteiger partial charge in [-0.3, -0.25) is 9.69 Å². The zero-order valence-corrected chi connectivity index (χ0v) is 13.7. The van der Waals surface area contributed by atoms with Crippen LogP contribution in [0, 0.1) is 0 Å². The van der Waals surface area contributed by atoms with Gasteiger partial charge in [-0.1, -0.05) is 16.8 Å². The van der Waals surface area contributed by atoms with Gasteiger partial charge in [0.1, 0.15) is 0 Å². The molecule has 2 heterocycles. The van der Waals surface area contributed by atoms with Crippen LogP contribution in [0.3, 0.4) is 0 Å². The van der Waals surface area contributed by atoms with Crippen LogP contribution in [-0.2, 0) is 6.42 Å². The average Bonchev–Trinajstić information content (AvgIpc) is 3.02. The summed E-state index contributed by atoms with van der Waals surface area (Å²) < 4.78 is 5.28. The topological polar surface area (TPSA) is 71.3 Å². The Kier molecular flexibility index (Phi) is 5.05. The maximum absolute atomic E-state index is 12.1. The maximum atomic E-state index is 12.1. The SMILES string of the molecule is CN1CCNCC1c1noc(CCC(=O)c2ccc(Cl)cc2)n1. The molecular formula is C16H19ClN4O2. The van der Waals surface area contributed by atoms with E-state index in [2.05, 4.69) is 20.4 Å². The second-order valence-corrected chi connectivity index (χ2v) is 6.11. The van der Waals surface area contributed by atoms with Crippen LogP contribution in [0.2, 0.25) is 5.02 Å². The summed E-state index contributed by atoms with van der Waals surface area (Å²) in [5, 5.41) is 8.00. The molecule has 1 aromatic carbocycles. The van der Waals surface area contributed by atoms with Crippen LogP contribution in [-0.4, -0.2) is 47.5 Å². The Labute approximate surface area is 139 Å². The molecule has 1 aromatic heterocycles. The Morgan fingerprint density at radius 2 is 2.22 bits per heavy atom. The molecule has 23 heavy (non-hydrogen) atoms. The number of likely N-dealkylation sites (N-methyl/N-ethyl adjacent to an activating group) is 1. The van der Waals surface area contributed by atoms with E-state index in [1.54, 1.807) is 24.3 Å². The molecule has 1 atom stereocenters. The van der Waals surface area contributed by atoms with Gasteiger partial charge in [-0.25, -0.2) is 0 Å². The van der Waals surface area contributed by atoms with Crippen molar-refractivity contribution in [3.05, 3.63) is 46.6 Å². The van der Waals surface area contributed by atoms with Crippen molar-refractivity contribution < 1.29 is 9.32 Å². The molecule has 122 valence electrons. The Balaban J connectivity index is 1.58. The van der Waals surface area contributed by atoms with Crippen molar-refractivity contribution in [3.63, 3.8) is 0 Å². The van der Waals surface area contributed by atoms with Crippen LogP contribution in [0.4, 0.5) is 0 Å². The Morgan fingerprint density at radius 3 is 2.96 bits per heavy atom. The number of carbonyl (C=O) groups excluding carboxylic acids is 1. The summed E-state index contributed by atoms with van der Waals surface area (Å²) in [4.78, 5) is 18.8. The Hall–Kier alpha value is -1.76. The van der Waals surface area contributed by atoms with Crippen LogP contribution < -0.4 is 5.32 Å². The molecule has 0 amide bonds. The van der Waals surface area contributed by atoms with Crippen LogP contribution >= 0.6 is 11.6 Å². The number of aryl methyl sites for hydroxylation is 1. The first-order valence-corrected chi connectivity index (χ1v) is 8.03. The van der Waals surface area contributed by atoms with Gasteiger partial charge in [0.05, 0.1) is 6.04 Å². The average molecular weight is 335 g/mol. The van der Waals surface area contributed by atoms with E-state index in [9.17, 15) is 4.79 Å². The molecule has 2 aromatic rings. The van der Waals surface area contributed by atoms with E-state index in [0.717, 1.165) is 19.6 Å². The number of hydrogen-bond acceptors (Lipinski definition) is 6. The third-order valence-corrected chi connectivity index (χ3v) is 4.28. The summed E-state index contributed by atoms with van der Waals surface area (Å²) in [5.41, 5.74) is 0.644. The summed E-state index contributed by atoms with van der Waals surface area (Å²) in [6.45, 7) is 2.72. The van der Waals surface area contributed by atoms with E-state index in [-0.39, 0.29) is 11.8 Å². The van der Waals surface area contributed by atoms with E-state index in [0.29, 0.717) is 35.1 Å². The highest BCUT2D eigenvalue weighted by Gasteiger charge is 2.25. The number of Topliss-reactive ketones (excluding diaryl/α,β-unsaturated/α-hetero) is 1. The molecular weight excluding hydrogens is 316 g/mol. The van der Waals surface area contributed by atoms with Gasteiger partial charge >= 0.3 is 0 Å². The van der Waals surface area contributed by atoms with Gasteiger partial charge in [-0.15, -0.1) is 0 Å². The summed E-state index contributed by atoms with van der Waals surface area (Å²) in [5.74, 6) is 1.22. The van der Waals surface area contributed by atoms with Crippen molar-refractivity contribution in [1.82, 2.24) is 20.4 Å². The minimum Gasteiger partial charge on any atom is -0.339 e. The Bertz CT molecular complexity index is 671. The largest absolute Gasteiger partial charge is 0.339 e. The number of benzene rings is 1. The molecule has 0 bridgehead atoms. The van der Waals surface area contributed by atoms with Gasteiger partial charge in [-0.2, -0.15) is 4.98 Å². The minimum atomic E-state index is 0.0397. The number of halogens is 1. The third kappa shape index (κ3) is 3.96. The number of nitrogens with zero attached hydrogens (tertiary/aromatic N) is 3. The molecule has 7 heteroatoms. The van der Waals surface area contributed by atoms with Crippen molar-refractivity contribution in [1.29, 1.82) is 0 Å². The molecule has 1 saturated heterocycles. The minimum absolute atomic E-state index is 0.0397. The maximum Gasteiger partial charge on any atom is 0.227 e. The zero-order valence-electron chi connectivity index (χ0n) is 13.0. The number of piperazine rings is 1. The second-order valence-electron chi connectivity index (χ2n) is 5.68. The molecule has 1 aliphatic heterocycles. The van der Waals surface area contributed by atoms with Crippen LogP contribution in [0.25, 0.3) is 0 Å². The van der Waals surface area contributed by atoms with E-state index in [4.69, 9.17) is 16.1 Å². The normalized spacial score (nSPS) is 19.0. The predicted molar refractivity (Wildman–Crippen MR) is 86.6 cm³/mol. The van der Waals surface area contributed by atoms with Crippen molar-refractivity contribution in [2.75, 3.05) is 26.7 Å². The number of rotatable bonds is 5. The third-order valence-electron chi connectivity index (χ3n) is 4.02. The van der Waals surface area contributed by atoms with Crippen LogP contribution in [0.5, 0.6) is 0 Å². The molecule has 1 aliphatic rings. The van der Waals surface area contributed by atoms with E-state index in [1.165, 1.54) is 0 Å². The molecule has 1 fully saturated rings. The second kappa shape index (κ2) is 7.21. The monoisotopic (exact) mass is 334 g/mol. The van der Waals surface area contributed by atoms with Gasteiger partial charge in [0.2, 0.25) is 5.89 Å². The lowest BCUT2D eigenvalue weighted by molar-refractivity contribution is 0.0979. The van der Waals surface area contributed by atoms with Crippen molar-refractivity contribution in [2.24, 2.45) is 0 Å². The smallest absolute Gasteiger partial charge is 0.227 e. The Morgan fingerprint density at radius 1 is 1.43 bits per heavy atom. The number of nitrogens with one attached hydrogen (secondary N) is 1. The summed E-state index contributed by atoms with van der Waals surface area (Å²) in [6.07, 6.45) is 0.778. The fourth-order valence-electron chi connectivity index (χ4n) is 2.60. The lowest BCUT2D eigenvalue weighted by atomic mass is 10.1. The molecule has 0 spiro atoms. The molecule has 1 unspecified atom stereocenters. The van der Waals surface area contributed by atoms with Crippen molar-refractivity contribution in [2.45, 2.75) is 18.9 Å². The first-order valence-electron chi connectivity index (χ1n) is 7.65. The number of carbonyl (C=O) groups is 1. The van der Waals surface area contributed by atoms with E-state index in [1.807, 2.05) is 7.05 Å². The highest BCUT2D eigenvalue weighted by atomic mass is 35.5. The fraction of sp³-hybridized carbons (Fsp3) is 0.438. The standard InChI is InChI=1S/C16H19ClN4O2/c1-21-9-8-18-10-13(21)16-19-15(23-20-16)7-6-14(22)11-2-4-12(17)5-3-11/h2-5,13,18H,6-10H2,1H3. The quantitative estimate of drug-likeness (QED) is 0.844. The van der Waals surface area contributed by atoms with Gasteiger partial charge < -0.3 is 9.84 Å². The van der Waals surface area contributed by atoms with E-state index >= 15 is 0 Å². The molecule has 6 nitrogen and oxygen atoms in total. The highest BCUT2D eigenvalue weighted by Crippen LogP contribution is 2.18. The lowest BCUT2D eigenvalue weighted by Gasteiger charge is -2.30. The molecule has 0 aliphatic carbocycles. The summed E-state index contributed by atoms with van der Waals surface area (Å²) >= 11 is 5.82. The molecule has 1 N–H and O–H groups in total. The fourth-order valence-corrected chi connectivity index (χ4v) is 2.73. The van der Waals surface area contributed by atoms with Crippen LogP contribution in [0.15, 0.2) is 28.8 Å². The zero-order chi connectivity index (χ0) is 16.2. The summed E-state index contributed by atoms with van der Waals surface area (Å²) in [7, 11) is 2.05. The number of hydrogen-bond donors (Lipinski definition) is 1. The van der Waals surface area contributed by atoms with Crippen LogP contribution in [0.1, 0.15) is 34.5 Å². The van der Waals surface area contributed by atoms with Gasteiger partial charge in [0.25, 0.3) is 0 Å². The molecule has 0 saturated carbocycles. The summed E-state index contributed by atoms with van der Waals surface area (Å²) in [6, 6.07) is 7.00. The number of ketones is 1. The predicted octanol–water partition coefficient (Wildman–Crippen LogP) is 2.11. The number of aromatic nitrogens is 2. The highest BCUT2D eigenvalue weighted by molar-refractivity contribution is 6.30. The van der Waals surface area contributed by atoms with Crippen molar-refractivity contribution >= 4 is 17.4 Å². The first-order chi connectivity index (χ1) is 11.1. The molecule has 3 rings (SSSR count). The van der Waals surface area contributed by atoms with Gasteiger partial charge in [-0.05, 0) is 31.3 Å². The van der Waals surface area contributed by atoms with Gasteiger partial charge in [0.15, 0.2) is 11.6 Å².